The Hall–Kier alpha value is -2.93. The van der Waals surface area contributed by atoms with E-state index in [1.165, 1.54) is 24.3 Å². The van der Waals surface area contributed by atoms with Gasteiger partial charge in [-0.3, -0.25) is 9.59 Å². The molecule has 2 N–H and O–H groups in total. The maximum absolute atomic E-state index is 13.1. The molecule has 1 aliphatic rings. The maximum atomic E-state index is 13.1. The second kappa shape index (κ2) is 10.0. The standard InChI is InChI=1S/C22H25FN2O4/c1-2-20(29-16-11-9-15(23)10-12-16)22(27)25-19-8-4-3-7-18(19)21(26)24-14-17-6-5-13-28-17/h3-4,7-12,17,20H,2,5-6,13-14H2,1H3,(H,24,26)(H,25,27)/t17-,20+/m0/s1. The molecule has 2 aromatic carbocycles. The second-order valence-electron chi connectivity index (χ2n) is 6.85. The van der Waals surface area contributed by atoms with Crippen molar-refractivity contribution < 1.29 is 23.5 Å². The summed E-state index contributed by atoms with van der Waals surface area (Å²) < 4.78 is 24.2. The lowest BCUT2D eigenvalue weighted by atomic mass is 10.1. The Kier molecular flexibility index (Phi) is 7.19. The third-order valence-corrected chi connectivity index (χ3v) is 4.70. The van der Waals surface area contributed by atoms with E-state index in [0.717, 1.165) is 19.4 Å². The summed E-state index contributed by atoms with van der Waals surface area (Å²) in [5, 5.41) is 5.63. The van der Waals surface area contributed by atoms with Crippen LogP contribution in [-0.4, -0.2) is 37.2 Å². The lowest BCUT2D eigenvalue weighted by Gasteiger charge is -2.19. The molecule has 2 atom stereocenters. The SMILES string of the molecule is CC[C@@H](Oc1ccc(F)cc1)C(=O)Nc1ccccc1C(=O)NC[C@@H]1CCCO1. The van der Waals surface area contributed by atoms with Crippen LogP contribution in [0.2, 0.25) is 0 Å². The van der Waals surface area contributed by atoms with Crippen LogP contribution in [0.5, 0.6) is 5.75 Å². The number of ether oxygens (including phenoxy) is 2. The summed E-state index contributed by atoms with van der Waals surface area (Å²) in [6.07, 6.45) is 1.60. The third-order valence-electron chi connectivity index (χ3n) is 4.70. The zero-order valence-corrected chi connectivity index (χ0v) is 16.3. The van der Waals surface area contributed by atoms with Crippen molar-refractivity contribution >= 4 is 17.5 Å². The van der Waals surface area contributed by atoms with Crippen molar-refractivity contribution in [1.29, 1.82) is 0 Å². The van der Waals surface area contributed by atoms with Gasteiger partial charge in [0.15, 0.2) is 6.10 Å². The lowest BCUT2D eigenvalue weighted by molar-refractivity contribution is -0.122. The highest BCUT2D eigenvalue weighted by Crippen LogP contribution is 2.19. The molecule has 3 rings (SSSR count). The molecular formula is C22H25FN2O4. The fourth-order valence-electron chi connectivity index (χ4n) is 3.11. The number of nitrogens with one attached hydrogen (secondary N) is 2. The molecule has 0 aromatic heterocycles. The van der Waals surface area contributed by atoms with E-state index in [-0.39, 0.29) is 23.7 Å². The van der Waals surface area contributed by atoms with Gasteiger partial charge < -0.3 is 20.1 Å². The monoisotopic (exact) mass is 400 g/mol. The molecule has 0 bridgehead atoms. The Labute approximate surface area is 169 Å². The molecule has 1 aliphatic heterocycles. The van der Waals surface area contributed by atoms with Crippen molar-refractivity contribution in [3.63, 3.8) is 0 Å². The molecule has 0 aliphatic carbocycles. The van der Waals surface area contributed by atoms with Crippen LogP contribution >= 0.6 is 0 Å². The van der Waals surface area contributed by atoms with Crippen LogP contribution in [0.15, 0.2) is 48.5 Å². The highest BCUT2D eigenvalue weighted by Gasteiger charge is 2.22. The van der Waals surface area contributed by atoms with E-state index >= 15 is 0 Å². The van der Waals surface area contributed by atoms with Gasteiger partial charge in [0.1, 0.15) is 11.6 Å². The molecule has 7 heteroatoms. The zero-order valence-electron chi connectivity index (χ0n) is 16.3. The topological polar surface area (TPSA) is 76.7 Å². The first-order valence-corrected chi connectivity index (χ1v) is 9.78. The van der Waals surface area contributed by atoms with Crippen LogP contribution in [0.25, 0.3) is 0 Å². The van der Waals surface area contributed by atoms with E-state index in [4.69, 9.17) is 9.47 Å². The number of carbonyl (C=O) groups is 2. The summed E-state index contributed by atoms with van der Waals surface area (Å²) in [4.78, 5) is 25.3. The van der Waals surface area contributed by atoms with Gasteiger partial charge in [0.05, 0.1) is 17.4 Å². The minimum atomic E-state index is -0.775. The molecule has 0 radical (unpaired) electrons. The number of amides is 2. The molecular weight excluding hydrogens is 375 g/mol. The summed E-state index contributed by atoms with van der Waals surface area (Å²) in [5.74, 6) is -0.631. The predicted octanol–water partition coefficient (Wildman–Crippen LogP) is 3.53. The Morgan fingerprint density at radius 2 is 1.97 bits per heavy atom. The van der Waals surface area contributed by atoms with Crippen LogP contribution in [0.3, 0.4) is 0 Å². The smallest absolute Gasteiger partial charge is 0.265 e. The van der Waals surface area contributed by atoms with E-state index < -0.39 is 6.10 Å². The van der Waals surface area contributed by atoms with E-state index in [9.17, 15) is 14.0 Å². The van der Waals surface area contributed by atoms with Crippen molar-refractivity contribution in [2.75, 3.05) is 18.5 Å². The van der Waals surface area contributed by atoms with Crippen LogP contribution in [0.4, 0.5) is 10.1 Å². The van der Waals surface area contributed by atoms with E-state index in [0.29, 0.717) is 30.0 Å². The van der Waals surface area contributed by atoms with Crippen molar-refractivity contribution in [1.82, 2.24) is 5.32 Å². The normalized spacial score (nSPS) is 16.8. The summed E-state index contributed by atoms with van der Waals surface area (Å²) in [6.45, 7) is 2.97. The number of carbonyl (C=O) groups excluding carboxylic acids is 2. The Morgan fingerprint density at radius 3 is 2.66 bits per heavy atom. The molecule has 2 amide bonds. The van der Waals surface area contributed by atoms with Crippen molar-refractivity contribution in [2.24, 2.45) is 0 Å². The molecule has 154 valence electrons. The molecule has 6 nitrogen and oxygen atoms in total. The summed E-state index contributed by atoms with van der Waals surface area (Å²) in [6, 6.07) is 12.3. The number of hydrogen-bond acceptors (Lipinski definition) is 4. The van der Waals surface area contributed by atoms with Gasteiger partial charge in [0, 0.05) is 13.2 Å². The van der Waals surface area contributed by atoms with E-state index in [1.807, 2.05) is 6.92 Å². The van der Waals surface area contributed by atoms with Gasteiger partial charge in [-0.05, 0) is 55.7 Å². The summed E-state index contributed by atoms with van der Waals surface area (Å²) in [5.41, 5.74) is 0.777. The molecule has 29 heavy (non-hydrogen) atoms. The van der Waals surface area contributed by atoms with Gasteiger partial charge in [0.2, 0.25) is 0 Å². The number of para-hydroxylation sites is 1. The minimum Gasteiger partial charge on any atom is -0.481 e. The maximum Gasteiger partial charge on any atom is 0.265 e. The fourth-order valence-corrected chi connectivity index (χ4v) is 3.11. The van der Waals surface area contributed by atoms with Crippen molar-refractivity contribution in [2.45, 2.75) is 38.4 Å². The molecule has 0 unspecified atom stereocenters. The molecule has 1 fully saturated rings. The molecule has 1 saturated heterocycles. The first kappa shape index (κ1) is 20.8. The van der Waals surface area contributed by atoms with Crippen LogP contribution < -0.4 is 15.4 Å². The molecule has 1 heterocycles. The van der Waals surface area contributed by atoms with Crippen molar-refractivity contribution in [3.05, 3.63) is 59.9 Å². The summed E-state index contributed by atoms with van der Waals surface area (Å²) in [7, 11) is 0. The molecule has 2 aromatic rings. The van der Waals surface area contributed by atoms with E-state index in [1.54, 1.807) is 24.3 Å². The van der Waals surface area contributed by atoms with Gasteiger partial charge >= 0.3 is 0 Å². The highest BCUT2D eigenvalue weighted by atomic mass is 19.1. The van der Waals surface area contributed by atoms with Crippen LogP contribution in [0.1, 0.15) is 36.5 Å². The first-order valence-electron chi connectivity index (χ1n) is 9.78. The van der Waals surface area contributed by atoms with Crippen LogP contribution in [0, 0.1) is 5.82 Å². The van der Waals surface area contributed by atoms with Crippen LogP contribution in [-0.2, 0) is 9.53 Å². The number of benzene rings is 2. The van der Waals surface area contributed by atoms with Gasteiger partial charge in [-0.15, -0.1) is 0 Å². The number of hydrogen-bond donors (Lipinski definition) is 2. The average Bonchev–Trinajstić information content (AvgIpc) is 3.25. The van der Waals surface area contributed by atoms with Gasteiger partial charge in [0.25, 0.3) is 11.8 Å². The number of rotatable bonds is 8. The number of anilines is 1. The Balaban J connectivity index is 1.64. The van der Waals surface area contributed by atoms with E-state index in [2.05, 4.69) is 10.6 Å². The number of halogens is 1. The van der Waals surface area contributed by atoms with Gasteiger partial charge in [-0.25, -0.2) is 4.39 Å². The van der Waals surface area contributed by atoms with Crippen molar-refractivity contribution in [3.8, 4) is 5.75 Å². The fraction of sp³-hybridized carbons (Fsp3) is 0.364. The Morgan fingerprint density at radius 1 is 1.21 bits per heavy atom. The minimum absolute atomic E-state index is 0.0364. The second-order valence-corrected chi connectivity index (χ2v) is 6.85. The largest absolute Gasteiger partial charge is 0.481 e. The van der Waals surface area contributed by atoms with Gasteiger partial charge in [-0.1, -0.05) is 19.1 Å². The average molecular weight is 400 g/mol. The molecule has 0 saturated carbocycles. The lowest BCUT2D eigenvalue weighted by Crippen LogP contribution is -2.35. The third kappa shape index (κ3) is 5.77. The van der Waals surface area contributed by atoms with Gasteiger partial charge in [-0.2, -0.15) is 0 Å². The first-order chi connectivity index (χ1) is 14.1. The quantitative estimate of drug-likeness (QED) is 0.711. The summed E-state index contributed by atoms with van der Waals surface area (Å²) >= 11 is 0. The predicted molar refractivity (Wildman–Crippen MR) is 107 cm³/mol. The zero-order chi connectivity index (χ0) is 20.6. The highest BCUT2D eigenvalue weighted by molar-refractivity contribution is 6.04. The molecule has 0 spiro atoms. The Bertz CT molecular complexity index is 835.